The number of pyridine rings is 1. The fraction of sp³-hybridized carbons (Fsp3) is 0.300. The van der Waals surface area contributed by atoms with Crippen molar-refractivity contribution in [3.63, 3.8) is 0 Å². The van der Waals surface area contributed by atoms with Crippen LogP contribution in [0.2, 0.25) is 0 Å². The van der Waals surface area contributed by atoms with Gasteiger partial charge < -0.3 is 5.32 Å². The van der Waals surface area contributed by atoms with E-state index in [1.165, 1.54) is 0 Å². The van der Waals surface area contributed by atoms with Crippen LogP contribution in [0.4, 0.5) is 5.82 Å². The first-order valence-corrected chi connectivity index (χ1v) is 4.48. The Kier molecular flexibility index (Phi) is 3.32. The van der Waals surface area contributed by atoms with Crippen molar-refractivity contribution >= 4 is 17.4 Å². The number of hydrogen-bond donors (Lipinski definition) is 1. The maximum atomic E-state index is 5.63. The molecule has 0 aliphatic rings. The summed E-state index contributed by atoms with van der Waals surface area (Å²) < 4.78 is 0. The van der Waals surface area contributed by atoms with Crippen molar-refractivity contribution in [1.82, 2.24) is 4.98 Å². The molecule has 2 nitrogen and oxygen atoms in total. The molecule has 0 atom stereocenters. The number of aryl methyl sites for hydroxylation is 2. The molecule has 1 aromatic rings. The van der Waals surface area contributed by atoms with Crippen molar-refractivity contribution in [2.24, 2.45) is 0 Å². The Morgan fingerprint density at radius 1 is 1.62 bits per heavy atom. The smallest absolute Gasteiger partial charge is 0.129 e. The normalized spacial score (nSPS) is 9.77. The Morgan fingerprint density at radius 3 is 2.85 bits per heavy atom. The highest BCUT2D eigenvalue weighted by Crippen LogP contribution is 2.12. The third kappa shape index (κ3) is 3.07. The molecule has 13 heavy (non-hydrogen) atoms. The summed E-state index contributed by atoms with van der Waals surface area (Å²) in [7, 11) is 0. The van der Waals surface area contributed by atoms with Crippen LogP contribution < -0.4 is 5.32 Å². The highest BCUT2D eigenvalue weighted by atomic mass is 35.5. The minimum atomic E-state index is 0.554. The minimum Gasteiger partial charge on any atom is -0.365 e. The maximum Gasteiger partial charge on any atom is 0.129 e. The van der Waals surface area contributed by atoms with Crippen LogP contribution in [0.25, 0.3) is 0 Å². The topological polar surface area (TPSA) is 24.9 Å². The largest absolute Gasteiger partial charge is 0.365 e. The lowest BCUT2D eigenvalue weighted by atomic mass is 10.2. The van der Waals surface area contributed by atoms with Crippen LogP contribution in [0, 0.1) is 13.8 Å². The van der Waals surface area contributed by atoms with Gasteiger partial charge in [-0.3, -0.25) is 0 Å². The lowest BCUT2D eigenvalue weighted by molar-refractivity contribution is 1.16. The molecule has 0 saturated carbocycles. The van der Waals surface area contributed by atoms with E-state index in [2.05, 4.69) is 22.9 Å². The quantitative estimate of drug-likeness (QED) is 0.804. The van der Waals surface area contributed by atoms with Crippen molar-refractivity contribution < 1.29 is 0 Å². The first kappa shape index (κ1) is 10.1. The Labute approximate surface area is 83.6 Å². The molecule has 0 saturated heterocycles. The van der Waals surface area contributed by atoms with Gasteiger partial charge in [0.15, 0.2) is 0 Å². The Hall–Kier alpha value is -1.02. The molecular formula is C10H13ClN2. The SMILES string of the molecule is C=C(Cl)CNc1ncc(C)cc1C. The molecule has 1 N–H and O–H groups in total. The zero-order chi connectivity index (χ0) is 9.84. The third-order valence-electron chi connectivity index (χ3n) is 1.66. The van der Waals surface area contributed by atoms with Gasteiger partial charge in [-0.2, -0.15) is 0 Å². The van der Waals surface area contributed by atoms with Crippen LogP contribution in [0.1, 0.15) is 11.1 Å². The zero-order valence-electron chi connectivity index (χ0n) is 7.89. The van der Waals surface area contributed by atoms with Gasteiger partial charge in [0.1, 0.15) is 5.82 Å². The average Bonchev–Trinajstić information content (AvgIpc) is 2.02. The molecule has 1 aromatic heterocycles. The van der Waals surface area contributed by atoms with E-state index in [-0.39, 0.29) is 0 Å². The van der Waals surface area contributed by atoms with Crippen molar-refractivity contribution in [2.75, 3.05) is 11.9 Å². The number of anilines is 1. The molecule has 0 spiro atoms. The first-order chi connectivity index (χ1) is 6.09. The third-order valence-corrected chi connectivity index (χ3v) is 1.80. The standard InChI is InChI=1S/C10H13ClN2/c1-7-4-8(2)10(12-5-7)13-6-9(3)11/h4-5H,3,6H2,1-2H3,(H,12,13). The molecule has 0 aliphatic carbocycles. The molecule has 0 amide bonds. The van der Waals surface area contributed by atoms with Crippen LogP contribution in [0.5, 0.6) is 0 Å². The van der Waals surface area contributed by atoms with Gasteiger partial charge >= 0.3 is 0 Å². The molecule has 0 bridgehead atoms. The number of nitrogens with one attached hydrogen (secondary N) is 1. The van der Waals surface area contributed by atoms with E-state index >= 15 is 0 Å². The summed E-state index contributed by atoms with van der Waals surface area (Å²) in [6, 6.07) is 2.08. The monoisotopic (exact) mass is 196 g/mol. The van der Waals surface area contributed by atoms with E-state index < -0.39 is 0 Å². The maximum absolute atomic E-state index is 5.63. The van der Waals surface area contributed by atoms with E-state index in [1.807, 2.05) is 20.0 Å². The van der Waals surface area contributed by atoms with Crippen LogP contribution in [0.15, 0.2) is 23.9 Å². The Morgan fingerprint density at radius 2 is 2.31 bits per heavy atom. The highest BCUT2D eigenvalue weighted by Gasteiger charge is 1.98. The predicted molar refractivity (Wildman–Crippen MR) is 57.2 cm³/mol. The van der Waals surface area contributed by atoms with Crippen LogP contribution >= 0.6 is 11.6 Å². The summed E-state index contributed by atoms with van der Waals surface area (Å²) in [6.45, 7) is 8.18. The lowest BCUT2D eigenvalue weighted by Gasteiger charge is -2.07. The van der Waals surface area contributed by atoms with Gasteiger partial charge in [0, 0.05) is 11.2 Å². The average molecular weight is 197 g/mol. The predicted octanol–water partition coefficient (Wildman–Crippen LogP) is 2.86. The molecule has 70 valence electrons. The molecule has 3 heteroatoms. The van der Waals surface area contributed by atoms with Crippen molar-refractivity contribution in [2.45, 2.75) is 13.8 Å². The van der Waals surface area contributed by atoms with Gasteiger partial charge in [-0.25, -0.2) is 4.98 Å². The zero-order valence-corrected chi connectivity index (χ0v) is 8.65. The molecule has 0 unspecified atom stereocenters. The van der Waals surface area contributed by atoms with E-state index in [1.54, 1.807) is 0 Å². The molecule has 0 radical (unpaired) electrons. The number of rotatable bonds is 3. The van der Waals surface area contributed by atoms with Crippen LogP contribution in [-0.2, 0) is 0 Å². The summed E-state index contributed by atoms with van der Waals surface area (Å²) in [5, 5.41) is 3.68. The molecule has 0 fully saturated rings. The number of nitrogens with zero attached hydrogens (tertiary/aromatic N) is 1. The second-order valence-corrected chi connectivity index (χ2v) is 3.58. The fourth-order valence-electron chi connectivity index (χ4n) is 1.08. The van der Waals surface area contributed by atoms with Crippen molar-refractivity contribution in [1.29, 1.82) is 0 Å². The summed E-state index contributed by atoms with van der Waals surface area (Å²) >= 11 is 5.63. The first-order valence-electron chi connectivity index (χ1n) is 4.10. The lowest BCUT2D eigenvalue weighted by Crippen LogP contribution is -2.04. The van der Waals surface area contributed by atoms with Gasteiger partial charge in [-0.15, -0.1) is 0 Å². The second kappa shape index (κ2) is 4.28. The summed E-state index contributed by atoms with van der Waals surface area (Å²) in [5.74, 6) is 0.868. The van der Waals surface area contributed by atoms with Gasteiger partial charge in [0.25, 0.3) is 0 Å². The van der Waals surface area contributed by atoms with Crippen LogP contribution in [0.3, 0.4) is 0 Å². The van der Waals surface area contributed by atoms with Gasteiger partial charge in [-0.1, -0.05) is 24.2 Å². The Bertz CT molecular complexity index is 321. The molecular weight excluding hydrogens is 184 g/mol. The van der Waals surface area contributed by atoms with Crippen molar-refractivity contribution in [3.8, 4) is 0 Å². The van der Waals surface area contributed by atoms with Gasteiger partial charge in [0.2, 0.25) is 0 Å². The van der Waals surface area contributed by atoms with E-state index in [0.29, 0.717) is 11.6 Å². The number of hydrogen-bond acceptors (Lipinski definition) is 2. The molecule has 0 aliphatic heterocycles. The molecule has 0 aromatic carbocycles. The fourth-order valence-corrected chi connectivity index (χ4v) is 1.15. The second-order valence-electron chi connectivity index (χ2n) is 3.05. The van der Waals surface area contributed by atoms with E-state index in [0.717, 1.165) is 16.9 Å². The van der Waals surface area contributed by atoms with Gasteiger partial charge in [-0.05, 0) is 25.0 Å². The number of halogens is 1. The molecule has 1 rings (SSSR count). The summed E-state index contributed by atoms with van der Waals surface area (Å²) in [5.41, 5.74) is 2.28. The van der Waals surface area contributed by atoms with E-state index in [4.69, 9.17) is 11.6 Å². The Balaban J connectivity index is 2.72. The van der Waals surface area contributed by atoms with Crippen molar-refractivity contribution in [3.05, 3.63) is 35.0 Å². The van der Waals surface area contributed by atoms with Crippen LogP contribution in [-0.4, -0.2) is 11.5 Å². The number of aromatic nitrogens is 1. The highest BCUT2D eigenvalue weighted by molar-refractivity contribution is 6.29. The summed E-state index contributed by atoms with van der Waals surface area (Å²) in [4.78, 5) is 4.24. The minimum absolute atomic E-state index is 0.554. The molecule has 1 heterocycles. The summed E-state index contributed by atoms with van der Waals surface area (Å²) in [6.07, 6.45) is 1.83. The van der Waals surface area contributed by atoms with Gasteiger partial charge in [0.05, 0.1) is 6.54 Å². The van der Waals surface area contributed by atoms with E-state index in [9.17, 15) is 0 Å².